The summed E-state index contributed by atoms with van der Waals surface area (Å²) in [5.74, 6) is 0.497. The Labute approximate surface area is 118 Å². The summed E-state index contributed by atoms with van der Waals surface area (Å²) in [5, 5.41) is 3.46. The van der Waals surface area contributed by atoms with Crippen molar-refractivity contribution in [1.29, 1.82) is 0 Å². The first-order valence-electron chi connectivity index (χ1n) is 7.38. The second-order valence-corrected chi connectivity index (χ2v) is 5.69. The molecule has 1 nitrogen and oxygen atoms in total. The third kappa shape index (κ3) is 4.23. The van der Waals surface area contributed by atoms with Crippen molar-refractivity contribution in [3.63, 3.8) is 0 Å². The van der Waals surface area contributed by atoms with E-state index in [1.165, 1.54) is 25.0 Å². The highest BCUT2D eigenvalue weighted by atomic mass is 19.4. The first kappa shape index (κ1) is 15.4. The smallest absolute Gasteiger partial charge is 0.314 e. The van der Waals surface area contributed by atoms with Gasteiger partial charge in [0.15, 0.2) is 0 Å². The minimum absolute atomic E-state index is 0.497. The average molecular weight is 285 g/mol. The molecule has 2 unspecified atom stereocenters. The molecule has 2 atom stereocenters. The minimum Gasteiger partial charge on any atom is -0.314 e. The van der Waals surface area contributed by atoms with Gasteiger partial charge in [0.25, 0.3) is 0 Å². The summed E-state index contributed by atoms with van der Waals surface area (Å²) in [6.45, 7) is 3.05. The van der Waals surface area contributed by atoms with Crippen molar-refractivity contribution < 1.29 is 13.2 Å². The number of halogens is 3. The lowest BCUT2D eigenvalue weighted by Crippen LogP contribution is -2.34. The summed E-state index contributed by atoms with van der Waals surface area (Å²) in [7, 11) is 0. The van der Waals surface area contributed by atoms with Gasteiger partial charge in [-0.15, -0.1) is 0 Å². The molecular weight excluding hydrogens is 263 g/mol. The molecule has 1 aromatic carbocycles. The van der Waals surface area contributed by atoms with E-state index in [0.717, 1.165) is 37.4 Å². The van der Waals surface area contributed by atoms with E-state index in [1.54, 1.807) is 0 Å². The number of alkyl halides is 3. The molecule has 0 aromatic heterocycles. The van der Waals surface area contributed by atoms with Crippen LogP contribution in [0.2, 0.25) is 0 Å². The minimum atomic E-state index is -4.24. The molecule has 0 aliphatic heterocycles. The monoisotopic (exact) mass is 285 g/mol. The van der Waals surface area contributed by atoms with Gasteiger partial charge in [-0.25, -0.2) is 0 Å². The SMILES string of the molecule is CCNC1CCCC(Cc2cccc(C(F)(F)F)c2)C1. The predicted octanol–water partition coefficient (Wildman–Crippen LogP) is 4.42. The molecule has 2 rings (SSSR count). The lowest BCUT2D eigenvalue weighted by molar-refractivity contribution is -0.137. The van der Waals surface area contributed by atoms with Gasteiger partial charge in [-0.1, -0.05) is 38.0 Å². The van der Waals surface area contributed by atoms with Gasteiger partial charge in [0, 0.05) is 6.04 Å². The van der Waals surface area contributed by atoms with Gasteiger partial charge in [-0.3, -0.25) is 0 Å². The Balaban J connectivity index is 1.99. The number of hydrogen-bond donors (Lipinski definition) is 1. The molecule has 20 heavy (non-hydrogen) atoms. The second-order valence-electron chi connectivity index (χ2n) is 5.69. The van der Waals surface area contributed by atoms with Gasteiger partial charge < -0.3 is 5.32 Å². The molecule has 4 heteroatoms. The van der Waals surface area contributed by atoms with Crippen LogP contribution in [0.1, 0.15) is 43.7 Å². The topological polar surface area (TPSA) is 12.0 Å². The molecule has 0 radical (unpaired) electrons. The van der Waals surface area contributed by atoms with Crippen molar-refractivity contribution >= 4 is 0 Å². The highest BCUT2D eigenvalue weighted by Crippen LogP contribution is 2.32. The van der Waals surface area contributed by atoms with E-state index in [1.807, 2.05) is 6.07 Å². The third-order valence-electron chi connectivity index (χ3n) is 4.05. The quantitative estimate of drug-likeness (QED) is 0.863. The zero-order valence-electron chi connectivity index (χ0n) is 11.8. The van der Waals surface area contributed by atoms with E-state index in [2.05, 4.69) is 12.2 Å². The van der Waals surface area contributed by atoms with Crippen molar-refractivity contribution in [3.8, 4) is 0 Å². The molecule has 1 aliphatic rings. The lowest BCUT2D eigenvalue weighted by Gasteiger charge is -2.29. The van der Waals surface area contributed by atoms with E-state index in [9.17, 15) is 13.2 Å². The molecule has 1 aromatic rings. The zero-order chi connectivity index (χ0) is 14.6. The molecule has 0 heterocycles. The standard InChI is InChI=1S/C16H22F3N/c1-2-20-15-8-4-6-13(11-15)9-12-5-3-7-14(10-12)16(17,18)19/h3,5,7,10,13,15,20H,2,4,6,8-9,11H2,1H3. The number of hydrogen-bond acceptors (Lipinski definition) is 1. The van der Waals surface area contributed by atoms with Crippen LogP contribution in [0, 0.1) is 5.92 Å². The number of benzene rings is 1. The van der Waals surface area contributed by atoms with Crippen LogP contribution in [0.3, 0.4) is 0 Å². The maximum Gasteiger partial charge on any atom is 0.416 e. The van der Waals surface area contributed by atoms with Crippen molar-refractivity contribution in [2.45, 2.75) is 51.2 Å². The molecule has 1 aliphatic carbocycles. The van der Waals surface area contributed by atoms with E-state index in [4.69, 9.17) is 0 Å². The van der Waals surface area contributed by atoms with Crippen LogP contribution in [0.25, 0.3) is 0 Å². The molecule has 1 N–H and O–H groups in total. The average Bonchev–Trinajstić information content (AvgIpc) is 2.39. The van der Waals surface area contributed by atoms with Gasteiger partial charge in [-0.05, 0) is 43.4 Å². The summed E-state index contributed by atoms with van der Waals surface area (Å²) in [6, 6.07) is 6.31. The van der Waals surface area contributed by atoms with Crippen molar-refractivity contribution in [3.05, 3.63) is 35.4 Å². The maximum absolute atomic E-state index is 12.7. The van der Waals surface area contributed by atoms with Gasteiger partial charge in [0.05, 0.1) is 5.56 Å². The highest BCUT2D eigenvalue weighted by molar-refractivity contribution is 5.26. The van der Waals surface area contributed by atoms with Gasteiger partial charge in [-0.2, -0.15) is 13.2 Å². The Bertz CT molecular complexity index is 426. The second kappa shape index (κ2) is 6.61. The summed E-state index contributed by atoms with van der Waals surface area (Å²) >= 11 is 0. The van der Waals surface area contributed by atoms with E-state index in [-0.39, 0.29) is 0 Å². The molecule has 0 amide bonds. The summed E-state index contributed by atoms with van der Waals surface area (Å²) in [4.78, 5) is 0. The van der Waals surface area contributed by atoms with Crippen LogP contribution in [-0.2, 0) is 12.6 Å². The summed E-state index contributed by atoms with van der Waals surface area (Å²) < 4.78 is 38.1. The fraction of sp³-hybridized carbons (Fsp3) is 0.625. The van der Waals surface area contributed by atoms with E-state index in [0.29, 0.717) is 12.0 Å². The zero-order valence-corrected chi connectivity index (χ0v) is 11.8. The third-order valence-corrected chi connectivity index (χ3v) is 4.05. The summed E-state index contributed by atoms with van der Waals surface area (Å²) in [5.41, 5.74) is 0.274. The molecule has 112 valence electrons. The van der Waals surface area contributed by atoms with Crippen LogP contribution < -0.4 is 5.32 Å². The van der Waals surface area contributed by atoms with Crippen LogP contribution in [0.4, 0.5) is 13.2 Å². The Morgan fingerprint density at radius 3 is 2.75 bits per heavy atom. The van der Waals surface area contributed by atoms with E-state index >= 15 is 0 Å². The van der Waals surface area contributed by atoms with Crippen molar-refractivity contribution in [1.82, 2.24) is 5.32 Å². The number of nitrogens with one attached hydrogen (secondary N) is 1. The van der Waals surface area contributed by atoms with Crippen LogP contribution in [0.5, 0.6) is 0 Å². The number of rotatable bonds is 4. The van der Waals surface area contributed by atoms with Crippen LogP contribution in [0.15, 0.2) is 24.3 Å². The first-order chi connectivity index (χ1) is 9.49. The lowest BCUT2D eigenvalue weighted by atomic mass is 9.82. The van der Waals surface area contributed by atoms with Gasteiger partial charge >= 0.3 is 6.18 Å². The first-order valence-corrected chi connectivity index (χ1v) is 7.38. The molecule has 0 spiro atoms. The predicted molar refractivity (Wildman–Crippen MR) is 74.6 cm³/mol. The molecule has 1 saturated carbocycles. The molecule has 0 saturated heterocycles. The van der Waals surface area contributed by atoms with Crippen LogP contribution >= 0.6 is 0 Å². The molecule has 1 fully saturated rings. The van der Waals surface area contributed by atoms with Gasteiger partial charge in [0.2, 0.25) is 0 Å². The Morgan fingerprint density at radius 2 is 2.05 bits per heavy atom. The highest BCUT2D eigenvalue weighted by Gasteiger charge is 2.30. The summed E-state index contributed by atoms with van der Waals surface area (Å²) in [6.07, 6.45) is 1.07. The molecule has 0 bridgehead atoms. The fourth-order valence-corrected chi connectivity index (χ4v) is 3.16. The van der Waals surface area contributed by atoms with Crippen molar-refractivity contribution in [2.75, 3.05) is 6.54 Å². The van der Waals surface area contributed by atoms with Crippen molar-refractivity contribution in [2.24, 2.45) is 5.92 Å². The maximum atomic E-state index is 12.7. The van der Waals surface area contributed by atoms with E-state index < -0.39 is 11.7 Å². The van der Waals surface area contributed by atoms with Gasteiger partial charge in [0.1, 0.15) is 0 Å². The largest absolute Gasteiger partial charge is 0.416 e. The fourth-order valence-electron chi connectivity index (χ4n) is 3.16. The molecular formula is C16H22F3N. The Kier molecular flexibility index (Phi) is 5.08. The normalized spacial score (nSPS) is 23.8. The Hall–Kier alpha value is -1.03. The van der Waals surface area contributed by atoms with Crippen LogP contribution in [-0.4, -0.2) is 12.6 Å². The Morgan fingerprint density at radius 1 is 1.25 bits per heavy atom.